The van der Waals surface area contributed by atoms with Crippen molar-refractivity contribution in [3.8, 4) is 5.69 Å². The van der Waals surface area contributed by atoms with Crippen molar-refractivity contribution in [2.75, 3.05) is 5.32 Å². The van der Waals surface area contributed by atoms with Gasteiger partial charge in [-0.15, -0.1) is 0 Å². The highest BCUT2D eigenvalue weighted by Gasteiger charge is 2.23. The first-order chi connectivity index (χ1) is 8.65. The summed E-state index contributed by atoms with van der Waals surface area (Å²) in [5.41, 5.74) is 0.687. The molecule has 2 aromatic rings. The van der Waals surface area contributed by atoms with Crippen LogP contribution in [0.2, 0.25) is 10.0 Å². The number of hydrogen-bond donors (Lipinski definition) is 1. The molecule has 1 aromatic heterocycles. The van der Waals surface area contributed by atoms with Crippen molar-refractivity contribution in [1.82, 2.24) is 9.55 Å². The molecule has 3 rings (SSSR count). The van der Waals surface area contributed by atoms with Gasteiger partial charge in [0, 0.05) is 18.4 Å². The fraction of sp³-hybridized carbons (Fsp3) is 0.250. The molecular formula is C12H10Cl2FN3. The van der Waals surface area contributed by atoms with Gasteiger partial charge in [0.1, 0.15) is 0 Å². The molecule has 3 nitrogen and oxygen atoms in total. The lowest BCUT2D eigenvalue weighted by Crippen LogP contribution is -2.07. The summed E-state index contributed by atoms with van der Waals surface area (Å²) in [4.78, 5) is 4.23. The molecule has 0 atom stereocenters. The molecule has 1 aliphatic rings. The first-order valence-corrected chi connectivity index (χ1v) is 6.35. The standard InChI is InChI=1S/C12H10Cl2FN3/c13-9-5-8(6-10(14)11(9)15)18-4-3-16-12(18)17-7-1-2-7/h3-7H,1-2H2,(H,16,17). The quantitative estimate of drug-likeness (QED) is 0.867. The van der Waals surface area contributed by atoms with Crippen LogP contribution in [0.15, 0.2) is 24.5 Å². The monoisotopic (exact) mass is 285 g/mol. The Labute approximate surface area is 114 Å². The van der Waals surface area contributed by atoms with Crippen LogP contribution in [-0.4, -0.2) is 15.6 Å². The van der Waals surface area contributed by atoms with Crippen LogP contribution in [0, 0.1) is 5.82 Å². The fourth-order valence-corrected chi connectivity index (χ4v) is 2.19. The van der Waals surface area contributed by atoms with Crippen molar-refractivity contribution in [3.63, 3.8) is 0 Å². The summed E-state index contributed by atoms with van der Waals surface area (Å²) in [7, 11) is 0. The van der Waals surface area contributed by atoms with Crippen molar-refractivity contribution < 1.29 is 4.39 Å². The Morgan fingerprint density at radius 3 is 2.56 bits per heavy atom. The summed E-state index contributed by atoms with van der Waals surface area (Å²) in [5, 5.41) is 3.30. The van der Waals surface area contributed by atoms with Gasteiger partial charge in [0.2, 0.25) is 5.95 Å². The van der Waals surface area contributed by atoms with Crippen molar-refractivity contribution in [3.05, 3.63) is 40.4 Å². The van der Waals surface area contributed by atoms with Gasteiger partial charge in [-0.2, -0.15) is 0 Å². The van der Waals surface area contributed by atoms with Crippen LogP contribution < -0.4 is 5.32 Å². The molecule has 6 heteroatoms. The molecule has 18 heavy (non-hydrogen) atoms. The van der Waals surface area contributed by atoms with Crippen LogP contribution in [0.25, 0.3) is 5.69 Å². The van der Waals surface area contributed by atoms with E-state index < -0.39 is 5.82 Å². The van der Waals surface area contributed by atoms with Crippen molar-refractivity contribution >= 4 is 29.2 Å². The minimum atomic E-state index is -0.598. The number of hydrogen-bond acceptors (Lipinski definition) is 2. The zero-order valence-electron chi connectivity index (χ0n) is 9.33. The van der Waals surface area contributed by atoms with E-state index in [0.717, 1.165) is 18.8 Å². The van der Waals surface area contributed by atoms with Gasteiger partial charge in [-0.25, -0.2) is 9.37 Å². The largest absolute Gasteiger partial charge is 0.353 e. The summed E-state index contributed by atoms with van der Waals surface area (Å²) in [6.07, 6.45) is 5.76. The van der Waals surface area contributed by atoms with Crippen LogP contribution in [0.4, 0.5) is 10.3 Å². The normalized spacial score (nSPS) is 14.8. The van der Waals surface area contributed by atoms with Crippen LogP contribution >= 0.6 is 23.2 Å². The van der Waals surface area contributed by atoms with Gasteiger partial charge in [0.15, 0.2) is 5.82 Å². The van der Waals surface area contributed by atoms with Crippen LogP contribution in [-0.2, 0) is 0 Å². The Hall–Kier alpha value is -1.26. The smallest absolute Gasteiger partial charge is 0.207 e. The summed E-state index contributed by atoms with van der Waals surface area (Å²) in [6, 6.07) is 3.54. The zero-order valence-corrected chi connectivity index (χ0v) is 10.8. The van der Waals surface area contributed by atoms with E-state index in [1.807, 2.05) is 0 Å². The summed E-state index contributed by atoms with van der Waals surface area (Å²) in [5.74, 6) is 0.121. The molecule has 0 saturated heterocycles. The number of imidazole rings is 1. The number of benzene rings is 1. The lowest BCUT2D eigenvalue weighted by atomic mass is 10.3. The molecule has 0 unspecified atom stereocenters. The number of anilines is 1. The van der Waals surface area contributed by atoms with Gasteiger partial charge in [-0.05, 0) is 25.0 Å². The third kappa shape index (κ3) is 2.18. The summed E-state index contributed by atoms with van der Waals surface area (Å²) < 4.78 is 15.2. The van der Waals surface area contributed by atoms with Crippen molar-refractivity contribution in [1.29, 1.82) is 0 Å². The minimum absolute atomic E-state index is 0.00331. The Morgan fingerprint density at radius 2 is 1.94 bits per heavy atom. The third-order valence-electron chi connectivity index (χ3n) is 2.80. The predicted molar refractivity (Wildman–Crippen MR) is 70.2 cm³/mol. The number of halogens is 3. The number of nitrogens with one attached hydrogen (secondary N) is 1. The maximum atomic E-state index is 13.4. The highest BCUT2D eigenvalue weighted by atomic mass is 35.5. The molecule has 1 aliphatic carbocycles. The Bertz CT molecular complexity index is 570. The fourth-order valence-electron chi connectivity index (χ4n) is 1.71. The van der Waals surface area contributed by atoms with E-state index in [9.17, 15) is 4.39 Å². The predicted octanol–water partition coefficient (Wildman–Crippen LogP) is 3.89. The van der Waals surface area contributed by atoms with E-state index in [2.05, 4.69) is 10.3 Å². The Kier molecular flexibility index (Phi) is 2.92. The minimum Gasteiger partial charge on any atom is -0.353 e. The van der Waals surface area contributed by atoms with E-state index in [-0.39, 0.29) is 10.0 Å². The van der Waals surface area contributed by atoms with Crippen LogP contribution in [0.5, 0.6) is 0 Å². The third-order valence-corrected chi connectivity index (χ3v) is 3.35. The van der Waals surface area contributed by atoms with Gasteiger partial charge >= 0.3 is 0 Å². The van der Waals surface area contributed by atoms with Gasteiger partial charge in [0.05, 0.1) is 15.7 Å². The molecular weight excluding hydrogens is 276 g/mol. The molecule has 1 saturated carbocycles. The van der Waals surface area contributed by atoms with E-state index in [4.69, 9.17) is 23.2 Å². The van der Waals surface area contributed by atoms with Gasteiger partial charge in [-0.3, -0.25) is 4.57 Å². The lowest BCUT2D eigenvalue weighted by molar-refractivity contribution is 0.628. The summed E-state index contributed by atoms with van der Waals surface area (Å²) >= 11 is 11.6. The van der Waals surface area contributed by atoms with Crippen molar-refractivity contribution in [2.24, 2.45) is 0 Å². The second-order valence-electron chi connectivity index (χ2n) is 4.26. The van der Waals surface area contributed by atoms with Crippen LogP contribution in [0.1, 0.15) is 12.8 Å². The van der Waals surface area contributed by atoms with Crippen molar-refractivity contribution in [2.45, 2.75) is 18.9 Å². The highest BCUT2D eigenvalue weighted by molar-refractivity contribution is 6.35. The van der Waals surface area contributed by atoms with E-state index in [1.165, 1.54) is 12.1 Å². The maximum absolute atomic E-state index is 13.4. The Morgan fingerprint density at radius 1 is 1.28 bits per heavy atom. The van der Waals surface area contributed by atoms with Gasteiger partial charge in [0.25, 0.3) is 0 Å². The molecule has 94 valence electrons. The van der Waals surface area contributed by atoms with Gasteiger partial charge < -0.3 is 5.32 Å². The topological polar surface area (TPSA) is 29.9 Å². The molecule has 0 aliphatic heterocycles. The lowest BCUT2D eigenvalue weighted by Gasteiger charge is -2.10. The molecule has 0 bridgehead atoms. The number of nitrogens with zero attached hydrogens (tertiary/aromatic N) is 2. The number of aromatic nitrogens is 2. The molecule has 1 heterocycles. The molecule has 1 fully saturated rings. The van der Waals surface area contributed by atoms with E-state index in [0.29, 0.717) is 11.7 Å². The molecule has 0 spiro atoms. The van der Waals surface area contributed by atoms with E-state index >= 15 is 0 Å². The Balaban J connectivity index is 2.01. The highest BCUT2D eigenvalue weighted by Crippen LogP contribution is 2.29. The maximum Gasteiger partial charge on any atom is 0.207 e. The first-order valence-electron chi connectivity index (χ1n) is 5.60. The second-order valence-corrected chi connectivity index (χ2v) is 5.08. The molecule has 0 amide bonds. The molecule has 1 N–H and O–H groups in total. The number of rotatable bonds is 3. The second kappa shape index (κ2) is 4.44. The van der Waals surface area contributed by atoms with Gasteiger partial charge in [-0.1, -0.05) is 23.2 Å². The average molecular weight is 286 g/mol. The first kappa shape index (κ1) is 11.8. The van der Waals surface area contributed by atoms with E-state index in [1.54, 1.807) is 17.0 Å². The summed E-state index contributed by atoms with van der Waals surface area (Å²) in [6.45, 7) is 0. The molecule has 1 aromatic carbocycles. The average Bonchev–Trinajstić information content (AvgIpc) is 3.02. The molecule has 0 radical (unpaired) electrons. The zero-order chi connectivity index (χ0) is 12.7. The van der Waals surface area contributed by atoms with Crippen LogP contribution in [0.3, 0.4) is 0 Å². The SMILES string of the molecule is Fc1c(Cl)cc(-n2ccnc2NC2CC2)cc1Cl.